The maximum Gasteiger partial charge on any atom is 0.416 e. The van der Waals surface area contributed by atoms with Gasteiger partial charge in [0, 0.05) is 39.3 Å². The summed E-state index contributed by atoms with van der Waals surface area (Å²) in [6, 6.07) is 6.03. The van der Waals surface area contributed by atoms with E-state index in [0.717, 1.165) is 37.8 Å². The average Bonchev–Trinajstić information content (AvgIpc) is 3.94. The fourth-order valence-electron chi connectivity index (χ4n) is 17.2. The third-order valence-electron chi connectivity index (χ3n) is 22.0. The lowest BCUT2D eigenvalue weighted by Crippen LogP contribution is -2.68. The molecule has 1 aliphatic heterocycles. The lowest BCUT2D eigenvalue weighted by molar-refractivity contribution is -0.190. The van der Waals surface area contributed by atoms with Gasteiger partial charge in [-0.1, -0.05) is 71.4 Å². The van der Waals surface area contributed by atoms with Crippen molar-refractivity contribution in [2.75, 3.05) is 13.1 Å². The fourth-order valence-corrected chi connectivity index (χ4v) is 17.4. The van der Waals surface area contributed by atoms with E-state index in [4.69, 9.17) is 20.8 Å². The largest absolute Gasteiger partial charge is 0.453 e. The number of ether oxygens (including phenoxy) is 1. The molecule has 13 atom stereocenters. The molecule has 0 radical (unpaired) electrons. The zero-order valence-electron chi connectivity index (χ0n) is 39.4. The second kappa shape index (κ2) is 13.7. The summed E-state index contributed by atoms with van der Waals surface area (Å²) in [6.45, 7) is 15.6. The predicted molar refractivity (Wildman–Crippen MR) is 242 cm³/mol. The SMILES string of the molecule is CC1(C)C2CCC(CN(CC3(O)CCC4C56C=CC7(C=C5C(=O)c5ccc(-c8cc(C(F)(F)F)ccc8Cl)o5)CC(O)CCC7(C)C6CCC43C)C(=O)C34CCC(C)(C(=O)O3)C4(C)C)C1C2. The Morgan fingerprint density at radius 2 is 1.59 bits per heavy atom. The number of allylic oxidation sites excluding steroid dienone is 4. The number of alkyl halides is 3. The molecule has 356 valence electrons. The number of aliphatic hydroxyl groups excluding tert-OH is 1. The molecule has 7 saturated carbocycles. The molecule has 66 heavy (non-hydrogen) atoms. The van der Waals surface area contributed by atoms with Crippen LogP contribution < -0.4 is 0 Å². The first-order valence-electron chi connectivity index (χ1n) is 24.6. The number of Topliss-reactive ketones (excluding diaryl/α,β-unsaturated/α-hetero) is 1. The number of rotatable bonds is 8. The number of furan rings is 1. The van der Waals surface area contributed by atoms with Crippen molar-refractivity contribution < 1.29 is 46.9 Å². The maximum absolute atomic E-state index is 15.6. The van der Waals surface area contributed by atoms with Crippen LogP contribution in [0.3, 0.4) is 0 Å². The lowest BCUT2D eigenvalue weighted by atomic mass is 9.32. The summed E-state index contributed by atoms with van der Waals surface area (Å²) in [5.41, 5.74) is -6.96. The Labute approximate surface area is 391 Å². The van der Waals surface area contributed by atoms with Crippen molar-refractivity contribution >= 4 is 29.3 Å². The standard InChI is InChI=1S/C54H65ClF3NO7/c1-45(2)31-9-8-30(35(45)25-31)28-59(43(62)53-23-20-49(7,44(63)66-53)46(53,3)4)29-51(64)19-16-41-48(51,6)18-15-40-47(5)17-14-33(60)26-50(47)21-22-52(40,41)36(27-50)42(61)39-13-12-38(65-39)34-24-32(54(56,57)58)10-11-37(34)55/h10-13,21-22,24,27,30-31,33,35,40-41,60,64H,8-9,14-20,23,25-26,28-29H2,1-7H3. The third-order valence-corrected chi connectivity index (χ3v) is 22.3. The fraction of sp³-hybridized carbons (Fsp3) is 0.685. The van der Waals surface area contributed by atoms with Gasteiger partial charge in [0.15, 0.2) is 11.4 Å². The quantitative estimate of drug-likeness (QED) is 0.154. The molecule has 11 aliphatic rings. The van der Waals surface area contributed by atoms with Gasteiger partial charge >= 0.3 is 12.1 Å². The number of amides is 1. The summed E-state index contributed by atoms with van der Waals surface area (Å²) < 4.78 is 54.0. The molecular formula is C54H65ClF3NO7. The topological polar surface area (TPSA) is 117 Å². The Kier molecular flexibility index (Phi) is 9.34. The van der Waals surface area contributed by atoms with Gasteiger partial charge in [-0.3, -0.25) is 14.4 Å². The number of aliphatic hydroxyl groups is 2. The van der Waals surface area contributed by atoms with Crippen molar-refractivity contribution in [1.82, 2.24) is 4.90 Å². The number of nitrogens with zero attached hydrogens (tertiary/aromatic N) is 1. The number of fused-ring (bicyclic) bond motifs is 5. The summed E-state index contributed by atoms with van der Waals surface area (Å²) in [5.74, 6) is 0.221. The number of hydrogen-bond donors (Lipinski definition) is 2. The third kappa shape index (κ3) is 5.40. The minimum atomic E-state index is -4.61. The number of carbonyl (C=O) groups is 3. The minimum Gasteiger partial charge on any atom is -0.453 e. The summed E-state index contributed by atoms with van der Waals surface area (Å²) in [5, 5.41) is 24.9. The van der Waals surface area contributed by atoms with Crippen LogP contribution in [0.25, 0.3) is 11.3 Å². The summed E-state index contributed by atoms with van der Waals surface area (Å²) >= 11 is 6.45. The molecule has 2 N–H and O–H groups in total. The summed E-state index contributed by atoms with van der Waals surface area (Å²) in [7, 11) is 0. The summed E-state index contributed by atoms with van der Waals surface area (Å²) in [4.78, 5) is 46.5. The van der Waals surface area contributed by atoms with E-state index in [1.807, 2.05) is 25.7 Å². The molecule has 1 aromatic heterocycles. The number of hydrogen-bond acceptors (Lipinski definition) is 7. The molecule has 8 fully saturated rings. The van der Waals surface area contributed by atoms with Crippen LogP contribution in [-0.4, -0.2) is 63.2 Å². The van der Waals surface area contributed by atoms with Crippen molar-refractivity contribution in [2.45, 2.75) is 149 Å². The van der Waals surface area contributed by atoms with Crippen LogP contribution in [-0.2, 0) is 20.5 Å². The van der Waals surface area contributed by atoms with E-state index in [1.54, 1.807) is 0 Å². The monoisotopic (exact) mass is 931 g/mol. The molecule has 2 spiro atoms. The van der Waals surface area contributed by atoms with Gasteiger partial charge < -0.3 is 24.3 Å². The molecule has 13 rings (SSSR count). The summed E-state index contributed by atoms with van der Waals surface area (Å²) in [6.07, 6.45) is 9.77. The van der Waals surface area contributed by atoms with Crippen molar-refractivity contribution in [3.05, 3.63) is 70.5 Å². The molecule has 6 bridgehead atoms. The Balaban J connectivity index is 0.983. The number of ketones is 1. The van der Waals surface area contributed by atoms with E-state index in [9.17, 15) is 28.2 Å². The van der Waals surface area contributed by atoms with Gasteiger partial charge in [-0.05, 0) is 155 Å². The number of benzene rings is 1. The zero-order chi connectivity index (χ0) is 47.2. The first-order valence-corrected chi connectivity index (χ1v) is 25.0. The van der Waals surface area contributed by atoms with Gasteiger partial charge in [0.05, 0.1) is 34.3 Å². The second-order valence-electron chi connectivity index (χ2n) is 24.6. The Morgan fingerprint density at radius 3 is 2.26 bits per heavy atom. The smallest absolute Gasteiger partial charge is 0.416 e. The zero-order valence-corrected chi connectivity index (χ0v) is 40.1. The van der Waals surface area contributed by atoms with Gasteiger partial charge in [-0.15, -0.1) is 0 Å². The molecule has 10 aliphatic carbocycles. The average molecular weight is 933 g/mol. The molecule has 1 aromatic carbocycles. The highest BCUT2D eigenvalue weighted by molar-refractivity contribution is 6.33. The van der Waals surface area contributed by atoms with E-state index in [-0.39, 0.29) is 74.9 Å². The highest BCUT2D eigenvalue weighted by Crippen LogP contribution is 2.79. The van der Waals surface area contributed by atoms with Gasteiger partial charge in [0.2, 0.25) is 5.78 Å². The normalized spacial score (nSPS) is 44.2. The van der Waals surface area contributed by atoms with Crippen molar-refractivity contribution in [3.63, 3.8) is 0 Å². The number of esters is 1. The van der Waals surface area contributed by atoms with Gasteiger partial charge in [0.1, 0.15) is 5.76 Å². The van der Waals surface area contributed by atoms with E-state index in [0.29, 0.717) is 75.3 Å². The van der Waals surface area contributed by atoms with Crippen molar-refractivity contribution in [1.29, 1.82) is 0 Å². The molecule has 1 amide bonds. The van der Waals surface area contributed by atoms with E-state index in [1.165, 1.54) is 18.2 Å². The van der Waals surface area contributed by atoms with Crippen LogP contribution in [0.5, 0.6) is 0 Å². The van der Waals surface area contributed by atoms with Crippen LogP contribution in [0.4, 0.5) is 13.2 Å². The number of carbonyl (C=O) groups excluding carboxylic acids is 3. The van der Waals surface area contributed by atoms with Crippen LogP contribution >= 0.6 is 11.6 Å². The molecule has 12 heteroatoms. The lowest BCUT2D eigenvalue weighted by Gasteiger charge is -2.71. The minimum absolute atomic E-state index is 0.0178. The van der Waals surface area contributed by atoms with Crippen LogP contribution in [0.2, 0.25) is 5.02 Å². The highest BCUT2D eigenvalue weighted by Gasteiger charge is 2.78. The molecule has 13 unspecified atom stereocenters. The van der Waals surface area contributed by atoms with Crippen LogP contribution in [0.1, 0.15) is 142 Å². The maximum atomic E-state index is 15.6. The second-order valence-corrected chi connectivity index (χ2v) is 25.0. The Hall–Kier alpha value is -3.41. The molecule has 2 heterocycles. The molecule has 2 aromatic rings. The van der Waals surface area contributed by atoms with E-state index >= 15 is 9.59 Å². The molecule has 8 nitrogen and oxygen atoms in total. The first kappa shape index (κ1) is 45.1. The van der Waals surface area contributed by atoms with E-state index in [2.05, 4.69) is 45.9 Å². The Bertz CT molecular complexity index is 2530. The highest BCUT2D eigenvalue weighted by atomic mass is 35.5. The van der Waals surface area contributed by atoms with Crippen LogP contribution in [0, 0.1) is 67.5 Å². The first-order chi connectivity index (χ1) is 30.7. The molecular weight excluding hydrogens is 867 g/mol. The van der Waals surface area contributed by atoms with Gasteiger partial charge in [0.25, 0.3) is 5.91 Å². The van der Waals surface area contributed by atoms with E-state index < -0.39 is 56.1 Å². The van der Waals surface area contributed by atoms with Crippen molar-refractivity contribution in [3.8, 4) is 11.3 Å². The van der Waals surface area contributed by atoms with Gasteiger partial charge in [-0.2, -0.15) is 13.2 Å². The number of halogens is 4. The van der Waals surface area contributed by atoms with Gasteiger partial charge in [-0.25, -0.2) is 0 Å². The van der Waals surface area contributed by atoms with Crippen molar-refractivity contribution in [2.24, 2.45) is 67.5 Å². The van der Waals surface area contributed by atoms with Crippen LogP contribution in [0.15, 0.2) is 58.6 Å². The predicted octanol–water partition coefficient (Wildman–Crippen LogP) is 11.4. The Morgan fingerprint density at radius 1 is 0.879 bits per heavy atom. The molecule has 1 saturated heterocycles.